The second-order valence-electron chi connectivity index (χ2n) is 4.62. The minimum absolute atomic E-state index is 0.260. The summed E-state index contributed by atoms with van der Waals surface area (Å²) in [6, 6.07) is 2.57. The molecule has 7 heteroatoms. The van der Waals surface area contributed by atoms with Crippen LogP contribution in [0.15, 0.2) is 16.6 Å². The van der Waals surface area contributed by atoms with Crippen LogP contribution in [0.4, 0.5) is 21.7 Å². The Morgan fingerprint density at radius 3 is 2.71 bits per heavy atom. The summed E-state index contributed by atoms with van der Waals surface area (Å²) < 4.78 is 13.8. The molecule has 1 aromatic carbocycles. The highest BCUT2D eigenvalue weighted by Crippen LogP contribution is 2.34. The van der Waals surface area contributed by atoms with Crippen molar-refractivity contribution in [2.75, 3.05) is 11.1 Å². The molecule has 3 N–H and O–H groups in total. The van der Waals surface area contributed by atoms with Gasteiger partial charge in [0, 0.05) is 16.5 Å². The highest BCUT2D eigenvalue weighted by molar-refractivity contribution is 9.10. The Balaban J connectivity index is 2.44. The van der Waals surface area contributed by atoms with Crippen molar-refractivity contribution in [1.29, 1.82) is 0 Å². The van der Waals surface area contributed by atoms with Gasteiger partial charge in [0.15, 0.2) is 0 Å². The van der Waals surface area contributed by atoms with Crippen molar-refractivity contribution in [1.82, 2.24) is 9.97 Å². The fraction of sp³-hybridized carbons (Fsp3) is 0.286. The van der Waals surface area contributed by atoms with Gasteiger partial charge in [0.25, 0.3) is 0 Å². The molecule has 2 aromatic rings. The molecule has 0 unspecified atom stereocenters. The lowest BCUT2D eigenvalue weighted by atomic mass is 10.2. The highest BCUT2D eigenvalue weighted by Gasteiger charge is 2.13. The maximum absolute atomic E-state index is 13.3. The van der Waals surface area contributed by atoms with Crippen LogP contribution in [0.2, 0.25) is 5.02 Å². The van der Waals surface area contributed by atoms with Gasteiger partial charge >= 0.3 is 0 Å². The maximum Gasteiger partial charge on any atom is 0.139 e. The molecule has 0 spiro atoms. The molecule has 0 bridgehead atoms. The van der Waals surface area contributed by atoms with Crippen molar-refractivity contribution in [3.05, 3.63) is 38.8 Å². The number of halogens is 3. The van der Waals surface area contributed by atoms with Crippen molar-refractivity contribution < 1.29 is 4.39 Å². The van der Waals surface area contributed by atoms with E-state index in [0.717, 1.165) is 18.4 Å². The van der Waals surface area contributed by atoms with Crippen molar-refractivity contribution in [2.24, 2.45) is 0 Å². The molecule has 0 saturated carbocycles. The van der Waals surface area contributed by atoms with Gasteiger partial charge in [-0.15, -0.1) is 0 Å². The number of aryl methyl sites for hydroxylation is 1. The number of nitrogens with zero attached hydrogens (tertiary/aromatic N) is 2. The summed E-state index contributed by atoms with van der Waals surface area (Å²) in [4.78, 5) is 8.69. The van der Waals surface area contributed by atoms with Gasteiger partial charge < -0.3 is 11.1 Å². The van der Waals surface area contributed by atoms with Crippen LogP contribution >= 0.6 is 27.5 Å². The summed E-state index contributed by atoms with van der Waals surface area (Å²) in [6.07, 6.45) is 1.65. The van der Waals surface area contributed by atoms with Gasteiger partial charge in [0.2, 0.25) is 0 Å². The number of aromatic nitrogens is 2. The molecule has 0 amide bonds. The third kappa shape index (κ3) is 3.63. The molecule has 0 radical (unpaired) electrons. The van der Waals surface area contributed by atoms with Crippen molar-refractivity contribution >= 4 is 44.9 Å². The van der Waals surface area contributed by atoms with E-state index in [1.165, 1.54) is 12.1 Å². The van der Waals surface area contributed by atoms with E-state index >= 15 is 0 Å². The molecule has 1 heterocycles. The number of nitrogens with one attached hydrogen (secondary N) is 1. The smallest absolute Gasteiger partial charge is 0.139 e. The monoisotopic (exact) mass is 372 g/mol. The summed E-state index contributed by atoms with van der Waals surface area (Å²) in [6.45, 7) is 3.86. The molecule has 0 atom stereocenters. The maximum atomic E-state index is 13.3. The third-order valence-corrected chi connectivity index (χ3v) is 3.88. The van der Waals surface area contributed by atoms with E-state index in [1.54, 1.807) is 0 Å². The Hall–Kier alpha value is -1.40. The first kappa shape index (κ1) is 16.0. The van der Waals surface area contributed by atoms with E-state index in [2.05, 4.69) is 31.2 Å². The minimum atomic E-state index is -0.414. The number of hydrogen-bond acceptors (Lipinski definition) is 4. The van der Waals surface area contributed by atoms with Crippen LogP contribution in [0.5, 0.6) is 0 Å². The van der Waals surface area contributed by atoms with E-state index in [-0.39, 0.29) is 5.02 Å². The first-order chi connectivity index (χ1) is 9.92. The van der Waals surface area contributed by atoms with Gasteiger partial charge in [-0.25, -0.2) is 14.4 Å². The van der Waals surface area contributed by atoms with Gasteiger partial charge in [0.05, 0.1) is 10.7 Å². The molecule has 2 rings (SSSR count). The van der Waals surface area contributed by atoms with Gasteiger partial charge in [-0.05, 0) is 41.4 Å². The lowest BCUT2D eigenvalue weighted by Gasteiger charge is -2.14. The number of nitrogens with two attached hydrogens (primary N) is 1. The summed E-state index contributed by atoms with van der Waals surface area (Å²) in [5.41, 5.74) is 7.18. The fourth-order valence-electron chi connectivity index (χ4n) is 1.82. The van der Waals surface area contributed by atoms with E-state index in [1.807, 2.05) is 13.8 Å². The standard InChI is InChI=1S/C14H15BrClFN4/c1-3-4-11-19-13(18)7(2)14(20-11)21-12-9(15)5-8(17)6-10(12)16/h5-6H,3-4H2,1-2H3,(H3,18,19,20,21). The average molecular weight is 374 g/mol. The Kier molecular flexibility index (Phi) is 5.00. The number of hydrogen-bond donors (Lipinski definition) is 2. The Morgan fingerprint density at radius 1 is 1.38 bits per heavy atom. The van der Waals surface area contributed by atoms with Crippen LogP contribution < -0.4 is 11.1 Å². The predicted molar refractivity (Wildman–Crippen MR) is 87.6 cm³/mol. The minimum Gasteiger partial charge on any atom is -0.383 e. The first-order valence-electron chi connectivity index (χ1n) is 6.47. The van der Waals surface area contributed by atoms with E-state index in [0.29, 0.717) is 27.6 Å². The average Bonchev–Trinajstić information content (AvgIpc) is 2.39. The summed E-state index contributed by atoms with van der Waals surface area (Å²) in [5, 5.41) is 3.36. The van der Waals surface area contributed by atoms with E-state index in [4.69, 9.17) is 17.3 Å². The summed E-state index contributed by atoms with van der Waals surface area (Å²) in [5.74, 6) is 1.24. The molecule has 0 saturated heterocycles. The van der Waals surface area contributed by atoms with Gasteiger partial charge in [0.1, 0.15) is 23.3 Å². The summed E-state index contributed by atoms with van der Waals surface area (Å²) >= 11 is 9.36. The molecule has 0 aliphatic carbocycles. The molecule has 0 fully saturated rings. The van der Waals surface area contributed by atoms with Crippen LogP contribution in [0, 0.1) is 12.7 Å². The number of nitrogen functional groups attached to an aromatic ring is 1. The van der Waals surface area contributed by atoms with Crippen molar-refractivity contribution in [2.45, 2.75) is 26.7 Å². The Labute approximate surface area is 136 Å². The van der Waals surface area contributed by atoms with Crippen LogP contribution in [-0.2, 0) is 6.42 Å². The Morgan fingerprint density at radius 2 is 2.10 bits per heavy atom. The lowest BCUT2D eigenvalue weighted by Crippen LogP contribution is -2.07. The fourth-order valence-corrected chi connectivity index (χ4v) is 2.72. The first-order valence-corrected chi connectivity index (χ1v) is 7.64. The van der Waals surface area contributed by atoms with Crippen LogP contribution in [0.1, 0.15) is 24.7 Å². The number of benzene rings is 1. The molecule has 0 aliphatic rings. The zero-order valence-electron chi connectivity index (χ0n) is 11.7. The van der Waals surface area contributed by atoms with Gasteiger partial charge in [-0.2, -0.15) is 0 Å². The Bertz CT molecular complexity index is 655. The number of rotatable bonds is 4. The SMILES string of the molecule is CCCc1nc(N)c(C)c(Nc2c(Cl)cc(F)cc2Br)n1. The molecular weight excluding hydrogens is 359 g/mol. The lowest BCUT2D eigenvalue weighted by molar-refractivity contribution is 0.627. The normalized spacial score (nSPS) is 10.7. The summed E-state index contributed by atoms with van der Waals surface area (Å²) in [7, 11) is 0. The zero-order valence-corrected chi connectivity index (χ0v) is 14.0. The van der Waals surface area contributed by atoms with E-state index in [9.17, 15) is 4.39 Å². The quantitative estimate of drug-likeness (QED) is 0.821. The van der Waals surface area contributed by atoms with E-state index < -0.39 is 5.82 Å². The second kappa shape index (κ2) is 6.58. The predicted octanol–water partition coefficient (Wildman–Crippen LogP) is 4.62. The largest absolute Gasteiger partial charge is 0.383 e. The van der Waals surface area contributed by atoms with Crippen molar-refractivity contribution in [3.8, 4) is 0 Å². The highest BCUT2D eigenvalue weighted by atomic mass is 79.9. The van der Waals surface area contributed by atoms with Crippen molar-refractivity contribution in [3.63, 3.8) is 0 Å². The topological polar surface area (TPSA) is 63.8 Å². The molecular formula is C14H15BrClFN4. The molecule has 21 heavy (non-hydrogen) atoms. The second-order valence-corrected chi connectivity index (χ2v) is 5.88. The van der Waals surface area contributed by atoms with Crippen LogP contribution in [0.25, 0.3) is 0 Å². The molecule has 1 aromatic heterocycles. The third-order valence-electron chi connectivity index (χ3n) is 2.95. The van der Waals surface area contributed by atoms with Crippen LogP contribution in [-0.4, -0.2) is 9.97 Å². The van der Waals surface area contributed by atoms with Gasteiger partial charge in [-0.1, -0.05) is 18.5 Å². The molecule has 0 aliphatic heterocycles. The van der Waals surface area contributed by atoms with Gasteiger partial charge in [-0.3, -0.25) is 0 Å². The number of anilines is 3. The molecule has 4 nitrogen and oxygen atoms in total. The zero-order chi connectivity index (χ0) is 15.6. The van der Waals surface area contributed by atoms with Crippen LogP contribution in [0.3, 0.4) is 0 Å². The molecule has 112 valence electrons.